The molecule has 0 aliphatic carbocycles. The average molecular weight is 333 g/mol. The van der Waals surface area contributed by atoms with Crippen LogP contribution in [0.3, 0.4) is 0 Å². The SMILES string of the molecule is O=c1[nH]c(=O)n(-c2ccccc2)c(O)c1/C=C/C=Nc1ccccc1. The Morgan fingerprint density at radius 1 is 0.960 bits per heavy atom. The summed E-state index contributed by atoms with van der Waals surface area (Å²) in [4.78, 5) is 30.4. The fourth-order valence-corrected chi connectivity index (χ4v) is 2.29. The molecule has 0 amide bonds. The van der Waals surface area contributed by atoms with E-state index >= 15 is 0 Å². The molecule has 0 saturated carbocycles. The molecule has 1 aromatic heterocycles. The zero-order valence-corrected chi connectivity index (χ0v) is 13.2. The number of hydrogen-bond acceptors (Lipinski definition) is 4. The summed E-state index contributed by atoms with van der Waals surface area (Å²) in [5.74, 6) is -0.427. The molecule has 0 aliphatic heterocycles. The third kappa shape index (κ3) is 3.64. The fraction of sp³-hybridized carbons (Fsp3) is 0. The van der Waals surface area contributed by atoms with Crippen LogP contribution in [-0.4, -0.2) is 20.9 Å². The lowest BCUT2D eigenvalue weighted by molar-refractivity contribution is 0.429. The number of nitrogens with zero attached hydrogens (tertiary/aromatic N) is 2. The third-order valence-corrected chi connectivity index (χ3v) is 3.46. The van der Waals surface area contributed by atoms with Crippen LogP contribution >= 0.6 is 0 Å². The predicted molar refractivity (Wildman–Crippen MR) is 98.0 cm³/mol. The van der Waals surface area contributed by atoms with Crippen molar-refractivity contribution in [2.24, 2.45) is 4.99 Å². The first kappa shape index (κ1) is 16.2. The van der Waals surface area contributed by atoms with Crippen LogP contribution in [-0.2, 0) is 0 Å². The van der Waals surface area contributed by atoms with Crippen LogP contribution in [0.15, 0.2) is 81.3 Å². The van der Waals surface area contributed by atoms with E-state index in [1.807, 2.05) is 30.3 Å². The largest absolute Gasteiger partial charge is 0.494 e. The first-order chi connectivity index (χ1) is 12.2. The van der Waals surface area contributed by atoms with Crippen LogP contribution in [0.1, 0.15) is 5.56 Å². The molecule has 6 heteroatoms. The van der Waals surface area contributed by atoms with Crippen LogP contribution in [0.25, 0.3) is 11.8 Å². The second-order valence-corrected chi connectivity index (χ2v) is 5.14. The molecular weight excluding hydrogens is 318 g/mol. The molecule has 0 saturated heterocycles. The Bertz CT molecular complexity index is 1030. The summed E-state index contributed by atoms with van der Waals surface area (Å²) in [5, 5.41) is 10.4. The highest BCUT2D eigenvalue weighted by Gasteiger charge is 2.12. The van der Waals surface area contributed by atoms with Crippen LogP contribution in [0.2, 0.25) is 0 Å². The maximum Gasteiger partial charge on any atom is 0.335 e. The normalized spacial score (nSPS) is 11.4. The Morgan fingerprint density at radius 2 is 1.60 bits per heavy atom. The van der Waals surface area contributed by atoms with Crippen molar-refractivity contribution >= 4 is 18.0 Å². The minimum absolute atomic E-state index is 0.0250. The van der Waals surface area contributed by atoms with Gasteiger partial charge in [-0.15, -0.1) is 0 Å². The lowest BCUT2D eigenvalue weighted by atomic mass is 10.2. The van der Waals surface area contributed by atoms with E-state index in [9.17, 15) is 14.7 Å². The van der Waals surface area contributed by atoms with E-state index in [2.05, 4.69) is 9.98 Å². The first-order valence-electron chi connectivity index (χ1n) is 7.56. The van der Waals surface area contributed by atoms with Crippen molar-refractivity contribution in [3.63, 3.8) is 0 Å². The quantitative estimate of drug-likeness (QED) is 0.720. The lowest BCUT2D eigenvalue weighted by Crippen LogP contribution is -2.30. The second kappa shape index (κ2) is 7.27. The number of hydrogen-bond donors (Lipinski definition) is 2. The maximum atomic E-state index is 12.0. The monoisotopic (exact) mass is 333 g/mol. The Hall–Kier alpha value is -3.67. The Labute approximate surface area is 143 Å². The van der Waals surface area contributed by atoms with Crippen molar-refractivity contribution in [1.82, 2.24) is 9.55 Å². The molecule has 0 spiro atoms. The maximum absolute atomic E-state index is 12.0. The van der Waals surface area contributed by atoms with Gasteiger partial charge < -0.3 is 5.11 Å². The predicted octanol–water partition coefficient (Wildman–Crippen LogP) is 2.65. The van der Waals surface area contributed by atoms with Gasteiger partial charge in [0.2, 0.25) is 5.88 Å². The van der Waals surface area contributed by atoms with Gasteiger partial charge in [-0.05, 0) is 36.4 Å². The van der Waals surface area contributed by atoms with Gasteiger partial charge in [0, 0.05) is 6.21 Å². The summed E-state index contributed by atoms with van der Waals surface area (Å²) < 4.78 is 1.04. The van der Waals surface area contributed by atoms with Gasteiger partial charge >= 0.3 is 5.69 Å². The number of benzene rings is 2. The van der Waals surface area contributed by atoms with Crippen molar-refractivity contribution < 1.29 is 5.11 Å². The minimum Gasteiger partial charge on any atom is -0.494 e. The lowest BCUT2D eigenvalue weighted by Gasteiger charge is -2.09. The highest BCUT2D eigenvalue weighted by molar-refractivity contribution is 5.81. The molecule has 2 N–H and O–H groups in total. The summed E-state index contributed by atoms with van der Waals surface area (Å²) >= 11 is 0. The molecule has 2 aromatic carbocycles. The van der Waals surface area contributed by atoms with Gasteiger partial charge in [0.1, 0.15) is 5.56 Å². The zero-order chi connectivity index (χ0) is 17.6. The number of rotatable bonds is 4. The van der Waals surface area contributed by atoms with Gasteiger partial charge in [-0.3, -0.25) is 14.8 Å². The van der Waals surface area contributed by atoms with Gasteiger partial charge in [0.15, 0.2) is 0 Å². The van der Waals surface area contributed by atoms with Gasteiger partial charge in [0.25, 0.3) is 5.56 Å². The summed E-state index contributed by atoms with van der Waals surface area (Å²) in [7, 11) is 0. The summed E-state index contributed by atoms with van der Waals surface area (Å²) in [6.45, 7) is 0. The highest BCUT2D eigenvalue weighted by atomic mass is 16.3. The number of aromatic hydroxyl groups is 1. The standard InChI is InChI=1S/C19H15N3O3/c23-17-16(12-7-13-20-14-8-3-1-4-9-14)18(24)22(19(25)21-17)15-10-5-2-6-11-15/h1-13,24H,(H,21,23,25)/b12-7+,20-13?. The molecule has 0 atom stereocenters. The van der Waals surface area contributed by atoms with E-state index in [0.29, 0.717) is 5.69 Å². The van der Waals surface area contributed by atoms with Crippen molar-refractivity contribution in [3.05, 3.63) is 93.1 Å². The van der Waals surface area contributed by atoms with Crippen molar-refractivity contribution in [3.8, 4) is 11.6 Å². The molecule has 25 heavy (non-hydrogen) atoms. The van der Waals surface area contributed by atoms with Crippen LogP contribution in [0, 0.1) is 0 Å². The van der Waals surface area contributed by atoms with E-state index in [4.69, 9.17) is 0 Å². The van der Waals surface area contributed by atoms with E-state index in [0.717, 1.165) is 10.3 Å². The molecule has 0 unspecified atom stereocenters. The minimum atomic E-state index is -0.705. The summed E-state index contributed by atoms with van der Waals surface area (Å²) in [5.41, 5.74) is -0.181. The molecule has 124 valence electrons. The number of H-pyrrole nitrogens is 1. The van der Waals surface area contributed by atoms with Gasteiger partial charge in [0.05, 0.1) is 11.4 Å². The van der Waals surface area contributed by atoms with Crippen LogP contribution in [0.4, 0.5) is 5.69 Å². The number of nitrogens with one attached hydrogen (secondary N) is 1. The van der Waals surface area contributed by atoms with E-state index < -0.39 is 17.1 Å². The number of allylic oxidation sites excluding steroid dienone is 1. The van der Waals surface area contributed by atoms with E-state index in [1.165, 1.54) is 18.4 Å². The number of aliphatic imine (C=N–C) groups is 1. The highest BCUT2D eigenvalue weighted by Crippen LogP contribution is 2.17. The smallest absolute Gasteiger partial charge is 0.335 e. The van der Waals surface area contributed by atoms with E-state index in [-0.39, 0.29) is 5.56 Å². The molecule has 6 nitrogen and oxygen atoms in total. The summed E-state index contributed by atoms with van der Waals surface area (Å²) in [6, 6.07) is 17.9. The fourth-order valence-electron chi connectivity index (χ4n) is 2.29. The molecule has 1 heterocycles. The number of para-hydroxylation sites is 2. The molecule has 0 radical (unpaired) electrons. The van der Waals surface area contributed by atoms with Gasteiger partial charge in [-0.1, -0.05) is 36.4 Å². The second-order valence-electron chi connectivity index (χ2n) is 5.14. The molecule has 0 aliphatic rings. The molecule has 0 bridgehead atoms. The van der Waals surface area contributed by atoms with E-state index in [1.54, 1.807) is 30.3 Å². The van der Waals surface area contributed by atoms with Gasteiger partial charge in [-0.2, -0.15) is 0 Å². The van der Waals surface area contributed by atoms with Crippen LogP contribution < -0.4 is 11.2 Å². The number of aromatic amines is 1. The molecule has 3 rings (SSSR count). The summed E-state index contributed by atoms with van der Waals surface area (Å²) in [6.07, 6.45) is 4.43. The van der Waals surface area contributed by atoms with Gasteiger partial charge in [-0.25, -0.2) is 9.36 Å². The number of aromatic nitrogens is 2. The van der Waals surface area contributed by atoms with Crippen LogP contribution in [0.5, 0.6) is 5.88 Å². The Morgan fingerprint density at radius 3 is 2.28 bits per heavy atom. The average Bonchev–Trinajstić information content (AvgIpc) is 2.62. The molecule has 0 fully saturated rings. The Balaban J connectivity index is 1.97. The van der Waals surface area contributed by atoms with Crippen molar-refractivity contribution in [2.45, 2.75) is 0 Å². The molecular formula is C19H15N3O3. The molecule has 3 aromatic rings. The first-order valence-corrected chi connectivity index (χ1v) is 7.56. The topological polar surface area (TPSA) is 87.5 Å². The van der Waals surface area contributed by atoms with Crippen molar-refractivity contribution in [1.29, 1.82) is 0 Å². The zero-order valence-electron chi connectivity index (χ0n) is 13.2. The van der Waals surface area contributed by atoms with Crippen molar-refractivity contribution in [2.75, 3.05) is 0 Å². The third-order valence-electron chi connectivity index (χ3n) is 3.46. The Kier molecular flexibility index (Phi) is 4.71.